The molecule has 0 aliphatic heterocycles. The van der Waals surface area contributed by atoms with Gasteiger partial charge in [-0.1, -0.05) is 44.0 Å². The maximum Gasteiger partial charge on any atom is 0.113 e. The maximum atomic E-state index is 5.76. The molecule has 0 saturated heterocycles. The Morgan fingerprint density at radius 2 is 1.70 bits per heavy atom. The van der Waals surface area contributed by atoms with E-state index in [1.54, 1.807) is 0 Å². The Hall–Kier alpha value is 0.470. The van der Waals surface area contributed by atoms with Gasteiger partial charge in [0.05, 0.1) is 0 Å². The lowest BCUT2D eigenvalue weighted by Gasteiger charge is -1.99. The topological polar surface area (TPSA) is 0 Å². The lowest BCUT2D eigenvalue weighted by Crippen LogP contribution is -1.77. The number of hydrogen-bond donors (Lipinski definition) is 0. The molecule has 0 N–H and O–H groups in total. The van der Waals surface area contributed by atoms with E-state index in [-0.39, 0.29) is 4.29 Å². The Balaban J connectivity index is 2.89. The zero-order valence-electron chi connectivity index (χ0n) is 5.02. The lowest BCUT2D eigenvalue weighted by atomic mass is 10.2. The first-order valence-electron chi connectivity index (χ1n) is 2.74. The molecule has 0 aromatic heterocycles. The van der Waals surface area contributed by atoms with E-state index in [1.165, 1.54) is 0 Å². The van der Waals surface area contributed by atoms with Crippen molar-refractivity contribution in [3.8, 4) is 0 Å². The van der Waals surface area contributed by atoms with E-state index >= 15 is 0 Å². The third kappa shape index (κ3) is 2.26. The summed E-state index contributed by atoms with van der Waals surface area (Å²) in [6.45, 7) is 0. The van der Waals surface area contributed by atoms with Gasteiger partial charge in [-0.15, -0.1) is 11.6 Å². The molecule has 1 aromatic carbocycles. The molecule has 10 heavy (non-hydrogen) atoms. The van der Waals surface area contributed by atoms with Crippen LogP contribution in [-0.2, 0) is 0 Å². The lowest BCUT2D eigenvalue weighted by molar-refractivity contribution is 1.38. The van der Waals surface area contributed by atoms with Crippen molar-refractivity contribution >= 4 is 43.5 Å². The van der Waals surface area contributed by atoms with Gasteiger partial charge in [-0.2, -0.15) is 0 Å². The van der Waals surface area contributed by atoms with Crippen LogP contribution in [0, 0.1) is 0 Å². The molecule has 3 heteroatoms. The van der Waals surface area contributed by atoms with E-state index in [4.69, 9.17) is 11.6 Å². The number of halogens is 3. The van der Waals surface area contributed by atoms with Crippen LogP contribution in [0.3, 0.4) is 0 Å². The van der Waals surface area contributed by atoms with E-state index in [0.29, 0.717) is 0 Å². The van der Waals surface area contributed by atoms with Gasteiger partial charge < -0.3 is 0 Å². The van der Waals surface area contributed by atoms with Crippen LogP contribution in [0.15, 0.2) is 28.7 Å². The zero-order valence-corrected chi connectivity index (χ0v) is 8.95. The summed E-state index contributed by atoms with van der Waals surface area (Å²) in [6, 6.07) is 7.87. The van der Waals surface area contributed by atoms with E-state index in [1.807, 2.05) is 24.3 Å². The van der Waals surface area contributed by atoms with Crippen LogP contribution in [0.5, 0.6) is 0 Å². The fraction of sp³-hybridized carbons (Fsp3) is 0.143. The van der Waals surface area contributed by atoms with Gasteiger partial charge in [0.15, 0.2) is 0 Å². The second-order valence-electron chi connectivity index (χ2n) is 1.85. The monoisotopic (exact) mass is 282 g/mol. The summed E-state index contributed by atoms with van der Waals surface area (Å²) in [5.74, 6) is 0. The maximum absolute atomic E-state index is 5.76. The summed E-state index contributed by atoms with van der Waals surface area (Å²) in [4.78, 5) is 0. The van der Waals surface area contributed by atoms with Crippen molar-refractivity contribution in [2.24, 2.45) is 0 Å². The quantitative estimate of drug-likeness (QED) is 0.682. The molecule has 0 amide bonds. The molecule has 0 heterocycles. The number of rotatable bonds is 1. The Kier molecular flexibility index (Phi) is 3.21. The van der Waals surface area contributed by atoms with Crippen molar-refractivity contribution < 1.29 is 0 Å². The van der Waals surface area contributed by atoms with E-state index in [0.717, 1.165) is 10.0 Å². The summed E-state index contributed by atoms with van der Waals surface area (Å²) in [7, 11) is 0. The smallest absolute Gasteiger partial charge is 0.105 e. The summed E-state index contributed by atoms with van der Waals surface area (Å²) in [6.07, 6.45) is 0. The third-order valence-corrected chi connectivity index (χ3v) is 2.43. The van der Waals surface area contributed by atoms with Crippen LogP contribution in [0.1, 0.15) is 9.85 Å². The van der Waals surface area contributed by atoms with Gasteiger partial charge >= 0.3 is 0 Å². The summed E-state index contributed by atoms with van der Waals surface area (Å²) in [5.41, 5.74) is 1.07. The molecule has 0 spiro atoms. The first kappa shape index (κ1) is 8.57. The minimum atomic E-state index is -0.0828. The molecule has 0 saturated carbocycles. The van der Waals surface area contributed by atoms with Crippen LogP contribution in [0.4, 0.5) is 0 Å². The fourth-order valence-corrected chi connectivity index (χ4v) is 1.32. The average Bonchev–Trinajstić information content (AvgIpc) is 1.88. The van der Waals surface area contributed by atoms with Gasteiger partial charge in [0, 0.05) is 4.47 Å². The fourth-order valence-electron chi connectivity index (χ4n) is 0.608. The Morgan fingerprint density at radius 1 is 1.20 bits per heavy atom. The first-order chi connectivity index (χ1) is 4.70. The molecule has 54 valence electrons. The molecule has 0 aliphatic carbocycles. The minimum absolute atomic E-state index is 0.0828. The molecule has 0 aliphatic rings. The highest BCUT2D eigenvalue weighted by Crippen LogP contribution is 2.27. The van der Waals surface area contributed by atoms with E-state index < -0.39 is 0 Å². The van der Waals surface area contributed by atoms with Crippen LogP contribution >= 0.6 is 43.5 Å². The van der Waals surface area contributed by atoms with Crippen molar-refractivity contribution in [2.75, 3.05) is 0 Å². The molecular weight excluding hydrogens is 279 g/mol. The second kappa shape index (κ2) is 3.74. The van der Waals surface area contributed by atoms with Gasteiger partial charge in [-0.3, -0.25) is 0 Å². The Morgan fingerprint density at radius 3 is 2.10 bits per heavy atom. The average molecular weight is 284 g/mol. The normalized spacial score (nSPS) is 13.1. The molecule has 1 unspecified atom stereocenters. The van der Waals surface area contributed by atoms with Crippen molar-refractivity contribution in [1.82, 2.24) is 0 Å². The summed E-state index contributed by atoms with van der Waals surface area (Å²) < 4.78 is 0.988. The standard InChI is InChI=1S/C7H5Br2Cl/c8-6-3-1-5(2-4-6)7(9)10/h1-4,7H. The van der Waals surface area contributed by atoms with Gasteiger partial charge in [0.1, 0.15) is 4.29 Å². The number of alkyl halides is 2. The van der Waals surface area contributed by atoms with Gasteiger partial charge in [0.2, 0.25) is 0 Å². The summed E-state index contributed by atoms with van der Waals surface area (Å²) >= 11 is 12.4. The highest BCUT2D eigenvalue weighted by Gasteiger charge is 1.99. The van der Waals surface area contributed by atoms with Gasteiger partial charge in [0.25, 0.3) is 0 Å². The number of benzene rings is 1. The van der Waals surface area contributed by atoms with Gasteiger partial charge in [-0.25, -0.2) is 0 Å². The first-order valence-corrected chi connectivity index (χ1v) is 4.88. The SMILES string of the molecule is ClC(Br)c1ccc(Br)cc1. The molecule has 1 atom stereocenters. The van der Waals surface area contributed by atoms with Crippen molar-refractivity contribution in [3.05, 3.63) is 34.3 Å². The van der Waals surface area contributed by atoms with Crippen molar-refractivity contribution in [1.29, 1.82) is 0 Å². The predicted octanol–water partition coefficient (Wildman–Crippen LogP) is 4.08. The molecule has 1 rings (SSSR count). The van der Waals surface area contributed by atoms with Crippen molar-refractivity contribution in [2.45, 2.75) is 4.29 Å². The zero-order chi connectivity index (χ0) is 7.56. The molecular formula is C7H5Br2Cl. The second-order valence-corrected chi connectivity index (χ2v) is 4.65. The molecule has 0 radical (unpaired) electrons. The molecule has 0 bridgehead atoms. The molecule has 0 fully saturated rings. The highest BCUT2D eigenvalue weighted by atomic mass is 79.9. The van der Waals surface area contributed by atoms with Crippen molar-refractivity contribution in [3.63, 3.8) is 0 Å². The Bertz CT molecular complexity index is 205. The van der Waals surface area contributed by atoms with Gasteiger partial charge in [-0.05, 0) is 17.7 Å². The van der Waals surface area contributed by atoms with E-state index in [9.17, 15) is 0 Å². The molecule has 0 nitrogen and oxygen atoms in total. The largest absolute Gasteiger partial charge is 0.113 e. The Labute approximate surface area is 81.8 Å². The third-order valence-electron chi connectivity index (χ3n) is 1.12. The minimum Gasteiger partial charge on any atom is -0.105 e. The summed E-state index contributed by atoms with van der Waals surface area (Å²) in [5, 5.41) is 0. The van der Waals surface area contributed by atoms with Crippen LogP contribution < -0.4 is 0 Å². The highest BCUT2D eigenvalue weighted by molar-refractivity contribution is 9.10. The van der Waals surface area contributed by atoms with E-state index in [2.05, 4.69) is 31.9 Å². The number of hydrogen-bond acceptors (Lipinski definition) is 0. The molecule has 1 aromatic rings. The predicted molar refractivity (Wildman–Crippen MR) is 51.7 cm³/mol. The van der Waals surface area contributed by atoms with Crippen LogP contribution in [0.25, 0.3) is 0 Å². The van der Waals surface area contributed by atoms with Crippen LogP contribution in [-0.4, -0.2) is 0 Å². The van der Waals surface area contributed by atoms with Crippen LogP contribution in [0.2, 0.25) is 0 Å².